The molecule has 2 aromatic rings. The molecule has 0 fully saturated rings. The second-order valence-electron chi connectivity index (χ2n) is 6.75. The number of pyridine rings is 1. The van der Waals surface area contributed by atoms with Crippen LogP contribution in [0.25, 0.3) is 0 Å². The minimum Gasteiger partial charge on any atom is -0.426 e. The van der Waals surface area contributed by atoms with Gasteiger partial charge in [0.15, 0.2) is 0 Å². The molecule has 1 amide bonds. The fourth-order valence-corrected chi connectivity index (χ4v) is 2.63. The van der Waals surface area contributed by atoms with Gasteiger partial charge in [-0.3, -0.25) is 14.6 Å². The molecule has 1 aromatic carbocycles. The highest BCUT2D eigenvalue weighted by molar-refractivity contribution is 5.94. The van der Waals surface area contributed by atoms with Gasteiger partial charge in [0, 0.05) is 23.4 Å². The van der Waals surface area contributed by atoms with Crippen LogP contribution in [0.5, 0.6) is 5.75 Å². The van der Waals surface area contributed by atoms with Gasteiger partial charge in [0.05, 0.1) is 6.04 Å². The number of hydrogen-bond donors (Lipinski definition) is 1. The first-order valence-corrected chi connectivity index (χ1v) is 8.80. The number of hydrogen-bond acceptors (Lipinski definition) is 4. The summed E-state index contributed by atoms with van der Waals surface area (Å²) in [5, 5.41) is 2.62. The van der Waals surface area contributed by atoms with E-state index in [1.807, 2.05) is 0 Å². The Morgan fingerprint density at radius 1 is 1.13 bits per heavy atom. The highest BCUT2D eigenvalue weighted by Gasteiger charge is 2.61. The van der Waals surface area contributed by atoms with Gasteiger partial charge in [-0.2, -0.15) is 22.0 Å². The van der Waals surface area contributed by atoms with Crippen molar-refractivity contribution in [2.75, 3.05) is 0 Å². The van der Waals surface area contributed by atoms with Crippen molar-refractivity contribution in [3.63, 3.8) is 0 Å². The number of ketones is 1. The van der Waals surface area contributed by atoms with Gasteiger partial charge < -0.3 is 10.1 Å². The molecular formula is C20H19F5N2O3. The van der Waals surface area contributed by atoms with Crippen LogP contribution in [0.1, 0.15) is 47.2 Å². The van der Waals surface area contributed by atoms with Gasteiger partial charge in [-0.25, -0.2) is 0 Å². The molecule has 10 heteroatoms. The molecule has 30 heavy (non-hydrogen) atoms. The number of carbonyl (C=O) groups is 2. The molecule has 0 bridgehead atoms. The molecule has 0 unspecified atom stereocenters. The summed E-state index contributed by atoms with van der Waals surface area (Å²) in [6.45, 7) is 4.58. The number of alkyl halides is 5. The predicted octanol–water partition coefficient (Wildman–Crippen LogP) is 4.55. The zero-order chi connectivity index (χ0) is 22.7. The Balaban J connectivity index is 2.17. The molecule has 1 N–H and O–H groups in total. The van der Waals surface area contributed by atoms with Gasteiger partial charge in [0.1, 0.15) is 11.5 Å². The fraction of sp³-hybridized carbons (Fsp3) is 0.350. The van der Waals surface area contributed by atoms with Crippen molar-refractivity contribution < 1.29 is 36.3 Å². The maximum absolute atomic E-state index is 13.1. The number of benzene rings is 1. The Labute approximate surface area is 169 Å². The summed E-state index contributed by atoms with van der Waals surface area (Å²) in [6, 6.07) is 6.87. The van der Waals surface area contributed by atoms with Crippen LogP contribution >= 0.6 is 0 Å². The topological polar surface area (TPSA) is 68.3 Å². The predicted molar refractivity (Wildman–Crippen MR) is 97.3 cm³/mol. The summed E-state index contributed by atoms with van der Waals surface area (Å²) in [7, 11) is 0. The number of carbonyl (C=O) groups excluding carboxylic acids is 2. The van der Waals surface area contributed by atoms with Crippen LogP contribution in [-0.4, -0.2) is 29.0 Å². The molecule has 0 aliphatic carbocycles. The first-order valence-electron chi connectivity index (χ1n) is 8.80. The van der Waals surface area contributed by atoms with Crippen molar-refractivity contribution in [1.29, 1.82) is 0 Å². The standard InChI is InChI=1S/C20H19F5N2O3/c1-11-7-15(9-16(26-11)8-12(2)28)18(29)27-13(3)14-5-4-6-17(10-14)30-20(24,25)19(21,22)23/h4-7,9-10,13H,8H2,1-3H3,(H,27,29)/t13-/m1/s1. The van der Waals surface area contributed by atoms with E-state index >= 15 is 0 Å². The van der Waals surface area contributed by atoms with Gasteiger partial charge in [0.2, 0.25) is 0 Å². The van der Waals surface area contributed by atoms with Gasteiger partial charge >= 0.3 is 12.3 Å². The molecule has 0 radical (unpaired) electrons. The number of aromatic nitrogens is 1. The Kier molecular flexibility index (Phi) is 6.79. The van der Waals surface area contributed by atoms with E-state index in [4.69, 9.17) is 0 Å². The third kappa shape index (κ3) is 5.98. The van der Waals surface area contributed by atoms with Crippen molar-refractivity contribution in [2.24, 2.45) is 0 Å². The zero-order valence-electron chi connectivity index (χ0n) is 16.3. The molecule has 0 aliphatic rings. The number of amides is 1. The third-order valence-electron chi connectivity index (χ3n) is 3.98. The summed E-state index contributed by atoms with van der Waals surface area (Å²) < 4.78 is 67.0. The van der Waals surface area contributed by atoms with Crippen LogP contribution < -0.4 is 10.1 Å². The van der Waals surface area contributed by atoms with Crippen LogP contribution in [0.15, 0.2) is 36.4 Å². The number of nitrogens with one attached hydrogen (secondary N) is 1. The average Bonchev–Trinajstić information content (AvgIpc) is 2.59. The fourth-order valence-electron chi connectivity index (χ4n) is 2.63. The number of halogens is 5. The summed E-state index contributed by atoms with van der Waals surface area (Å²) in [6.07, 6.45) is -11.1. The monoisotopic (exact) mass is 430 g/mol. The lowest BCUT2D eigenvalue weighted by atomic mass is 10.1. The van der Waals surface area contributed by atoms with Gasteiger partial charge in [-0.05, 0) is 50.6 Å². The average molecular weight is 430 g/mol. The van der Waals surface area contributed by atoms with E-state index < -0.39 is 30.0 Å². The van der Waals surface area contributed by atoms with Gasteiger partial charge in [-0.15, -0.1) is 0 Å². The highest BCUT2D eigenvalue weighted by atomic mass is 19.4. The van der Waals surface area contributed by atoms with E-state index in [0.717, 1.165) is 12.1 Å². The molecule has 5 nitrogen and oxygen atoms in total. The lowest BCUT2D eigenvalue weighted by Gasteiger charge is -2.21. The first-order chi connectivity index (χ1) is 13.8. The molecule has 0 aliphatic heterocycles. The van der Waals surface area contributed by atoms with Gasteiger partial charge in [0.25, 0.3) is 5.91 Å². The second kappa shape index (κ2) is 8.76. The largest absolute Gasteiger partial charge is 0.499 e. The number of aryl methyl sites for hydroxylation is 1. The van der Waals surface area contributed by atoms with Crippen molar-refractivity contribution >= 4 is 11.7 Å². The number of rotatable bonds is 7. The summed E-state index contributed by atoms with van der Waals surface area (Å²) in [5.41, 5.74) is 1.44. The number of nitrogens with zero attached hydrogens (tertiary/aromatic N) is 1. The summed E-state index contributed by atoms with van der Waals surface area (Å²) >= 11 is 0. The quantitative estimate of drug-likeness (QED) is 0.655. The SMILES string of the molecule is CC(=O)Cc1cc(C(=O)N[C@H](C)c2cccc(OC(F)(F)C(F)(F)F)c2)cc(C)n1. The maximum atomic E-state index is 13.1. The molecule has 1 heterocycles. The van der Waals surface area contributed by atoms with E-state index in [9.17, 15) is 31.5 Å². The van der Waals surface area contributed by atoms with E-state index in [1.54, 1.807) is 6.92 Å². The Hall–Kier alpha value is -3.04. The Bertz CT molecular complexity index is 944. The van der Waals surface area contributed by atoms with Crippen LogP contribution in [0, 0.1) is 6.92 Å². The minimum atomic E-state index is -5.86. The zero-order valence-corrected chi connectivity index (χ0v) is 16.3. The first kappa shape index (κ1) is 23.2. The van der Waals surface area contributed by atoms with Crippen molar-refractivity contribution in [3.8, 4) is 5.75 Å². The van der Waals surface area contributed by atoms with Crippen molar-refractivity contribution in [1.82, 2.24) is 10.3 Å². The van der Waals surface area contributed by atoms with Crippen LogP contribution in [-0.2, 0) is 11.2 Å². The molecule has 0 saturated carbocycles. The number of ether oxygens (including phenoxy) is 1. The van der Waals surface area contributed by atoms with Crippen LogP contribution in [0.4, 0.5) is 22.0 Å². The number of Topliss-reactive ketones (excluding diaryl/α,β-unsaturated/α-hetero) is 1. The van der Waals surface area contributed by atoms with Gasteiger partial charge in [-0.1, -0.05) is 12.1 Å². The maximum Gasteiger partial charge on any atom is 0.499 e. The normalized spacial score (nSPS) is 12.9. The second-order valence-corrected chi connectivity index (χ2v) is 6.75. The highest BCUT2D eigenvalue weighted by Crippen LogP contribution is 2.37. The smallest absolute Gasteiger partial charge is 0.426 e. The molecular weight excluding hydrogens is 411 g/mol. The molecule has 0 saturated heterocycles. The lowest BCUT2D eigenvalue weighted by Crippen LogP contribution is -2.41. The van der Waals surface area contributed by atoms with Crippen LogP contribution in [0.2, 0.25) is 0 Å². The lowest BCUT2D eigenvalue weighted by molar-refractivity contribution is -0.360. The molecule has 2 rings (SSSR count). The van der Waals surface area contributed by atoms with Crippen molar-refractivity contribution in [2.45, 2.75) is 45.5 Å². The summed E-state index contributed by atoms with van der Waals surface area (Å²) in [4.78, 5) is 28.0. The summed E-state index contributed by atoms with van der Waals surface area (Å²) in [5.74, 6) is -1.34. The minimum absolute atomic E-state index is 0.0598. The molecule has 162 valence electrons. The van der Waals surface area contributed by atoms with Crippen molar-refractivity contribution in [3.05, 3.63) is 58.9 Å². The van der Waals surface area contributed by atoms with E-state index in [1.165, 1.54) is 38.1 Å². The third-order valence-corrected chi connectivity index (χ3v) is 3.98. The van der Waals surface area contributed by atoms with E-state index in [2.05, 4.69) is 15.0 Å². The van der Waals surface area contributed by atoms with E-state index in [-0.39, 0.29) is 23.3 Å². The molecule has 1 atom stereocenters. The Morgan fingerprint density at radius 3 is 2.40 bits per heavy atom. The Morgan fingerprint density at radius 2 is 1.80 bits per heavy atom. The van der Waals surface area contributed by atoms with Crippen LogP contribution in [0.3, 0.4) is 0 Å². The van der Waals surface area contributed by atoms with E-state index in [0.29, 0.717) is 11.4 Å². The molecule has 1 aromatic heterocycles. The molecule has 0 spiro atoms.